The van der Waals surface area contributed by atoms with E-state index in [0.29, 0.717) is 6.04 Å². The van der Waals surface area contributed by atoms with Gasteiger partial charge in [-0.05, 0) is 38.6 Å². The first-order valence-electron chi connectivity index (χ1n) is 6.46. The summed E-state index contributed by atoms with van der Waals surface area (Å²) in [7, 11) is 5.97. The zero-order chi connectivity index (χ0) is 13.1. The average Bonchev–Trinajstić information content (AvgIpc) is 2.37. The first kappa shape index (κ1) is 13.0. The standard InChI is InChI=1S/C14H23N3O/c1-16-8-4-5-11(10-16)17(2)14-7-6-12(18-3)9-13(14)15/h6-7,9,11H,4-5,8,10,15H2,1-3H3. The highest BCUT2D eigenvalue weighted by Crippen LogP contribution is 2.29. The van der Waals surface area contributed by atoms with E-state index in [4.69, 9.17) is 10.5 Å². The third-order valence-corrected chi connectivity index (χ3v) is 3.76. The Labute approximate surface area is 109 Å². The lowest BCUT2D eigenvalue weighted by Gasteiger charge is -2.37. The molecule has 1 aliphatic rings. The predicted molar refractivity (Wildman–Crippen MR) is 76.3 cm³/mol. The molecule has 0 radical (unpaired) electrons. The summed E-state index contributed by atoms with van der Waals surface area (Å²) in [5, 5.41) is 0. The second-order valence-corrected chi connectivity index (χ2v) is 5.09. The summed E-state index contributed by atoms with van der Waals surface area (Å²) in [6.07, 6.45) is 2.48. The molecule has 100 valence electrons. The van der Waals surface area contributed by atoms with Gasteiger partial charge in [0.1, 0.15) is 5.75 Å². The Hall–Kier alpha value is -1.42. The van der Waals surface area contributed by atoms with Crippen LogP contribution < -0.4 is 15.4 Å². The van der Waals surface area contributed by atoms with Crippen LogP contribution in [0.3, 0.4) is 0 Å². The number of likely N-dealkylation sites (N-methyl/N-ethyl adjacent to an activating group) is 2. The van der Waals surface area contributed by atoms with Crippen LogP contribution in [0.25, 0.3) is 0 Å². The van der Waals surface area contributed by atoms with Gasteiger partial charge in [-0.25, -0.2) is 0 Å². The molecule has 1 aliphatic heterocycles. The first-order valence-corrected chi connectivity index (χ1v) is 6.46. The van der Waals surface area contributed by atoms with E-state index >= 15 is 0 Å². The molecule has 0 saturated carbocycles. The van der Waals surface area contributed by atoms with Gasteiger partial charge in [-0.2, -0.15) is 0 Å². The van der Waals surface area contributed by atoms with Crippen molar-refractivity contribution in [1.29, 1.82) is 0 Å². The van der Waals surface area contributed by atoms with Gasteiger partial charge in [0.25, 0.3) is 0 Å². The van der Waals surface area contributed by atoms with Crippen LogP contribution in [0.4, 0.5) is 11.4 Å². The Bertz CT molecular complexity index is 408. The van der Waals surface area contributed by atoms with Crippen molar-refractivity contribution >= 4 is 11.4 Å². The molecular weight excluding hydrogens is 226 g/mol. The number of benzene rings is 1. The van der Waals surface area contributed by atoms with Crippen molar-refractivity contribution in [2.75, 3.05) is 44.9 Å². The van der Waals surface area contributed by atoms with Gasteiger partial charge >= 0.3 is 0 Å². The number of rotatable bonds is 3. The van der Waals surface area contributed by atoms with E-state index in [9.17, 15) is 0 Å². The highest BCUT2D eigenvalue weighted by molar-refractivity contribution is 5.69. The molecule has 1 fully saturated rings. The van der Waals surface area contributed by atoms with Gasteiger partial charge in [0, 0.05) is 25.7 Å². The highest BCUT2D eigenvalue weighted by Gasteiger charge is 2.22. The van der Waals surface area contributed by atoms with Crippen LogP contribution >= 0.6 is 0 Å². The van der Waals surface area contributed by atoms with Crippen LogP contribution in [0.1, 0.15) is 12.8 Å². The molecule has 2 rings (SSSR count). The number of hydrogen-bond acceptors (Lipinski definition) is 4. The summed E-state index contributed by atoms with van der Waals surface area (Å²) in [6, 6.07) is 6.44. The van der Waals surface area contributed by atoms with Crippen molar-refractivity contribution in [3.05, 3.63) is 18.2 Å². The monoisotopic (exact) mass is 249 g/mol. The fraction of sp³-hybridized carbons (Fsp3) is 0.571. The topological polar surface area (TPSA) is 41.7 Å². The number of piperidine rings is 1. The minimum absolute atomic E-state index is 0.541. The van der Waals surface area contributed by atoms with Gasteiger partial charge in [0.2, 0.25) is 0 Å². The largest absolute Gasteiger partial charge is 0.497 e. The Morgan fingerprint density at radius 2 is 2.22 bits per heavy atom. The maximum Gasteiger partial charge on any atom is 0.121 e. The molecule has 0 spiro atoms. The van der Waals surface area contributed by atoms with Gasteiger partial charge in [0.05, 0.1) is 18.5 Å². The zero-order valence-corrected chi connectivity index (χ0v) is 11.5. The first-order chi connectivity index (χ1) is 8.61. The number of nitrogen functional groups attached to an aromatic ring is 1. The summed E-state index contributed by atoms with van der Waals surface area (Å²) in [6.45, 7) is 2.30. The lowest BCUT2D eigenvalue weighted by molar-refractivity contribution is 0.248. The van der Waals surface area contributed by atoms with Gasteiger partial charge in [-0.3, -0.25) is 0 Å². The second-order valence-electron chi connectivity index (χ2n) is 5.09. The molecule has 1 saturated heterocycles. The van der Waals surface area contributed by atoms with Gasteiger partial charge < -0.3 is 20.3 Å². The fourth-order valence-electron chi connectivity index (χ4n) is 2.63. The van der Waals surface area contributed by atoms with E-state index in [1.165, 1.54) is 19.4 Å². The van der Waals surface area contributed by atoms with E-state index in [-0.39, 0.29) is 0 Å². The number of hydrogen-bond donors (Lipinski definition) is 1. The van der Waals surface area contributed by atoms with Crippen molar-refractivity contribution in [3.8, 4) is 5.75 Å². The third-order valence-electron chi connectivity index (χ3n) is 3.76. The molecule has 4 heteroatoms. The van der Waals surface area contributed by atoms with Gasteiger partial charge in [-0.15, -0.1) is 0 Å². The average molecular weight is 249 g/mol. The van der Waals surface area contributed by atoms with Crippen molar-refractivity contribution in [1.82, 2.24) is 4.90 Å². The summed E-state index contributed by atoms with van der Waals surface area (Å²) in [5.41, 5.74) is 7.98. The minimum atomic E-state index is 0.541. The fourth-order valence-corrected chi connectivity index (χ4v) is 2.63. The van der Waals surface area contributed by atoms with Crippen LogP contribution in [0.5, 0.6) is 5.75 Å². The molecule has 2 N–H and O–H groups in total. The lowest BCUT2D eigenvalue weighted by atomic mass is 10.0. The number of nitrogens with two attached hydrogens (primary N) is 1. The molecule has 0 bridgehead atoms. The zero-order valence-electron chi connectivity index (χ0n) is 11.5. The van der Waals surface area contributed by atoms with Crippen molar-refractivity contribution in [2.24, 2.45) is 0 Å². The van der Waals surface area contributed by atoms with E-state index in [1.807, 2.05) is 18.2 Å². The molecule has 0 aromatic heterocycles. The number of methoxy groups -OCH3 is 1. The Balaban J connectivity index is 2.15. The number of ether oxygens (including phenoxy) is 1. The molecule has 0 aliphatic carbocycles. The van der Waals surface area contributed by atoms with Gasteiger partial charge in [0.15, 0.2) is 0 Å². The number of anilines is 2. The molecule has 4 nitrogen and oxygen atoms in total. The summed E-state index contributed by atoms with van der Waals surface area (Å²) in [4.78, 5) is 4.68. The number of likely N-dealkylation sites (tertiary alicyclic amines) is 1. The predicted octanol–water partition coefficient (Wildman–Crippen LogP) is 1.81. The summed E-state index contributed by atoms with van der Waals surface area (Å²) in [5.74, 6) is 0.811. The van der Waals surface area contributed by atoms with E-state index in [0.717, 1.165) is 23.7 Å². The third kappa shape index (κ3) is 2.70. The van der Waals surface area contributed by atoms with Crippen molar-refractivity contribution < 1.29 is 4.74 Å². The lowest BCUT2D eigenvalue weighted by Crippen LogP contribution is -2.45. The van der Waals surface area contributed by atoms with Crippen LogP contribution in [-0.4, -0.2) is 45.2 Å². The second kappa shape index (κ2) is 5.48. The maximum absolute atomic E-state index is 6.10. The van der Waals surface area contributed by atoms with E-state index in [2.05, 4.69) is 23.9 Å². The smallest absolute Gasteiger partial charge is 0.121 e. The van der Waals surface area contributed by atoms with Crippen molar-refractivity contribution in [3.63, 3.8) is 0 Å². The molecule has 1 aromatic rings. The molecule has 1 heterocycles. The Morgan fingerprint density at radius 3 is 2.83 bits per heavy atom. The summed E-state index contributed by atoms with van der Waals surface area (Å²) >= 11 is 0. The van der Waals surface area contributed by atoms with E-state index in [1.54, 1.807) is 7.11 Å². The van der Waals surface area contributed by atoms with Crippen LogP contribution in [0.15, 0.2) is 18.2 Å². The molecule has 18 heavy (non-hydrogen) atoms. The number of nitrogens with zero attached hydrogens (tertiary/aromatic N) is 2. The van der Waals surface area contributed by atoms with Gasteiger partial charge in [-0.1, -0.05) is 0 Å². The minimum Gasteiger partial charge on any atom is -0.497 e. The molecule has 1 aromatic carbocycles. The Morgan fingerprint density at radius 1 is 1.44 bits per heavy atom. The molecular formula is C14H23N3O. The maximum atomic E-state index is 6.10. The highest BCUT2D eigenvalue weighted by atomic mass is 16.5. The molecule has 1 unspecified atom stereocenters. The summed E-state index contributed by atoms with van der Waals surface area (Å²) < 4.78 is 5.19. The van der Waals surface area contributed by atoms with E-state index < -0.39 is 0 Å². The van der Waals surface area contributed by atoms with Crippen LogP contribution in [0, 0.1) is 0 Å². The molecule has 0 amide bonds. The quantitative estimate of drug-likeness (QED) is 0.830. The normalized spacial score (nSPS) is 20.7. The SMILES string of the molecule is COc1ccc(N(C)C2CCCN(C)C2)c(N)c1. The van der Waals surface area contributed by atoms with Crippen LogP contribution in [0.2, 0.25) is 0 Å². The van der Waals surface area contributed by atoms with Crippen LogP contribution in [-0.2, 0) is 0 Å². The Kier molecular flexibility index (Phi) is 3.97. The van der Waals surface area contributed by atoms with Crippen molar-refractivity contribution in [2.45, 2.75) is 18.9 Å². The molecule has 1 atom stereocenters.